The molecule has 0 saturated heterocycles. The van der Waals surface area contributed by atoms with Crippen LogP contribution in [0.5, 0.6) is 0 Å². The molecule has 152 valence electrons. The van der Waals surface area contributed by atoms with Crippen molar-refractivity contribution in [2.24, 2.45) is 5.92 Å². The van der Waals surface area contributed by atoms with Crippen LogP contribution in [0, 0.1) is 5.92 Å². The monoisotopic (exact) mass is 410 g/mol. The molecule has 2 aromatic carbocycles. The molecule has 1 heterocycles. The fraction of sp³-hybridized carbons (Fsp3) is 0.417. The molecular formula is C24H27ClN2O2. The number of halogens is 1. The van der Waals surface area contributed by atoms with Gasteiger partial charge in [0.05, 0.1) is 0 Å². The molecule has 2 amide bonds. The minimum atomic E-state index is 0.0985. The average Bonchev–Trinajstić information content (AvgIpc) is 3.55. The molecule has 0 unspecified atom stereocenters. The highest BCUT2D eigenvalue weighted by molar-refractivity contribution is 6.30. The summed E-state index contributed by atoms with van der Waals surface area (Å²) in [7, 11) is 0. The Balaban J connectivity index is 1.57. The van der Waals surface area contributed by atoms with Crippen LogP contribution < -0.4 is 9.80 Å². The van der Waals surface area contributed by atoms with E-state index in [9.17, 15) is 9.59 Å². The lowest BCUT2D eigenvalue weighted by Crippen LogP contribution is -2.44. The van der Waals surface area contributed by atoms with Gasteiger partial charge in [-0.2, -0.15) is 0 Å². The number of anilines is 2. The van der Waals surface area contributed by atoms with Crippen LogP contribution in [0.1, 0.15) is 51.0 Å². The summed E-state index contributed by atoms with van der Waals surface area (Å²) >= 11 is 6.00. The van der Waals surface area contributed by atoms with Gasteiger partial charge in [0.1, 0.15) is 0 Å². The van der Waals surface area contributed by atoms with Crippen LogP contribution in [0.15, 0.2) is 48.5 Å². The molecule has 1 aliphatic heterocycles. The standard InChI is InChI=1S/C24H27ClN2O2/c1-3-26(20-12-10-19(25)11-13-20)23(28)15-18-14-16(2)27(24(29)17-8-9-17)22-7-5-4-6-21(18)22/h4-7,10-13,16-18H,3,8-9,14-15H2,1-2H3/t16-,18+/m0/s1. The molecule has 4 nitrogen and oxygen atoms in total. The first-order chi connectivity index (χ1) is 14.0. The molecule has 0 radical (unpaired) electrons. The molecular weight excluding hydrogens is 384 g/mol. The van der Waals surface area contributed by atoms with Crippen molar-refractivity contribution in [1.29, 1.82) is 0 Å². The van der Waals surface area contributed by atoms with Crippen molar-refractivity contribution in [2.75, 3.05) is 16.3 Å². The van der Waals surface area contributed by atoms with Crippen molar-refractivity contribution in [3.05, 3.63) is 59.1 Å². The van der Waals surface area contributed by atoms with Crippen LogP contribution in [0.3, 0.4) is 0 Å². The Labute approximate surface area is 177 Å². The van der Waals surface area contributed by atoms with Gasteiger partial charge in [0.25, 0.3) is 0 Å². The number of fused-ring (bicyclic) bond motifs is 1. The predicted octanol–water partition coefficient (Wildman–Crippen LogP) is 5.40. The van der Waals surface area contributed by atoms with Gasteiger partial charge < -0.3 is 9.80 Å². The summed E-state index contributed by atoms with van der Waals surface area (Å²) in [5.74, 6) is 0.636. The van der Waals surface area contributed by atoms with Crippen LogP contribution in [-0.4, -0.2) is 24.4 Å². The zero-order chi connectivity index (χ0) is 20.5. The van der Waals surface area contributed by atoms with Gasteiger partial charge in [-0.25, -0.2) is 0 Å². The molecule has 29 heavy (non-hydrogen) atoms. The number of hydrogen-bond acceptors (Lipinski definition) is 2. The van der Waals surface area contributed by atoms with Crippen molar-refractivity contribution in [2.45, 2.75) is 51.5 Å². The van der Waals surface area contributed by atoms with Crippen molar-refractivity contribution in [1.82, 2.24) is 0 Å². The largest absolute Gasteiger partial charge is 0.313 e. The second-order valence-electron chi connectivity index (χ2n) is 8.14. The predicted molar refractivity (Wildman–Crippen MR) is 118 cm³/mol. The second kappa shape index (κ2) is 8.19. The number of rotatable bonds is 5. The van der Waals surface area contributed by atoms with Gasteiger partial charge in [0.2, 0.25) is 11.8 Å². The zero-order valence-corrected chi connectivity index (χ0v) is 17.7. The van der Waals surface area contributed by atoms with Crippen LogP contribution in [0.4, 0.5) is 11.4 Å². The van der Waals surface area contributed by atoms with Crippen LogP contribution in [-0.2, 0) is 9.59 Å². The maximum Gasteiger partial charge on any atom is 0.230 e. The van der Waals surface area contributed by atoms with E-state index in [0.717, 1.165) is 36.2 Å². The zero-order valence-electron chi connectivity index (χ0n) is 17.0. The summed E-state index contributed by atoms with van der Waals surface area (Å²) in [5.41, 5.74) is 2.96. The Morgan fingerprint density at radius 2 is 1.79 bits per heavy atom. The summed E-state index contributed by atoms with van der Waals surface area (Å²) < 4.78 is 0. The van der Waals surface area contributed by atoms with Gasteiger partial charge in [-0.1, -0.05) is 29.8 Å². The molecule has 1 saturated carbocycles. The molecule has 0 N–H and O–H groups in total. The van der Waals surface area contributed by atoms with E-state index in [4.69, 9.17) is 11.6 Å². The van der Waals surface area contributed by atoms with E-state index >= 15 is 0 Å². The molecule has 4 rings (SSSR count). The van der Waals surface area contributed by atoms with Crippen LogP contribution in [0.25, 0.3) is 0 Å². The highest BCUT2D eigenvalue weighted by Gasteiger charge is 2.40. The normalized spacial score (nSPS) is 20.9. The third-order valence-corrected chi connectivity index (χ3v) is 6.30. The van der Waals surface area contributed by atoms with Crippen molar-refractivity contribution < 1.29 is 9.59 Å². The number of para-hydroxylation sites is 1. The summed E-state index contributed by atoms with van der Waals surface area (Å²) in [6.45, 7) is 4.70. The smallest absolute Gasteiger partial charge is 0.230 e. The van der Waals surface area contributed by atoms with E-state index in [0.29, 0.717) is 18.0 Å². The molecule has 2 aliphatic rings. The third kappa shape index (κ3) is 4.04. The molecule has 2 atom stereocenters. The maximum atomic E-state index is 13.2. The van der Waals surface area contributed by atoms with Gasteiger partial charge in [0.15, 0.2) is 0 Å². The maximum absolute atomic E-state index is 13.2. The fourth-order valence-electron chi connectivity index (χ4n) is 4.43. The summed E-state index contributed by atoms with van der Waals surface area (Å²) in [6, 6.07) is 15.6. The number of carbonyl (C=O) groups is 2. The van der Waals surface area contributed by atoms with Crippen molar-refractivity contribution >= 4 is 34.8 Å². The molecule has 1 fully saturated rings. The molecule has 0 bridgehead atoms. The number of amides is 2. The topological polar surface area (TPSA) is 40.6 Å². The highest BCUT2D eigenvalue weighted by Crippen LogP contribution is 2.43. The van der Waals surface area contributed by atoms with Crippen LogP contribution in [0.2, 0.25) is 5.02 Å². The third-order valence-electron chi connectivity index (χ3n) is 6.04. The summed E-state index contributed by atoms with van der Waals surface area (Å²) in [6.07, 6.45) is 3.24. The Bertz CT molecular complexity index is 907. The second-order valence-corrected chi connectivity index (χ2v) is 8.58. The number of hydrogen-bond donors (Lipinski definition) is 0. The SMILES string of the molecule is CCN(C(=O)C[C@H]1C[C@H](C)N(C(=O)C2CC2)c2ccccc21)c1ccc(Cl)cc1. The quantitative estimate of drug-likeness (QED) is 0.661. The number of carbonyl (C=O) groups excluding carboxylic acids is 2. The van der Waals surface area contributed by atoms with Gasteiger partial charge in [0, 0.05) is 41.3 Å². The Kier molecular flexibility index (Phi) is 5.64. The molecule has 2 aromatic rings. The lowest BCUT2D eigenvalue weighted by Gasteiger charge is -2.40. The van der Waals surface area contributed by atoms with E-state index in [-0.39, 0.29) is 29.7 Å². The van der Waals surface area contributed by atoms with Gasteiger partial charge in [-0.15, -0.1) is 0 Å². The van der Waals surface area contributed by atoms with E-state index in [1.807, 2.05) is 59.2 Å². The summed E-state index contributed by atoms with van der Waals surface area (Å²) in [5, 5.41) is 0.660. The number of benzene rings is 2. The highest BCUT2D eigenvalue weighted by atomic mass is 35.5. The Morgan fingerprint density at radius 1 is 1.10 bits per heavy atom. The lowest BCUT2D eigenvalue weighted by atomic mass is 9.83. The molecule has 0 spiro atoms. The molecule has 1 aliphatic carbocycles. The van der Waals surface area contributed by atoms with Crippen molar-refractivity contribution in [3.8, 4) is 0 Å². The van der Waals surface area contributed by atoms with Gasteiger partial charge in [-0.3, -0.25) is 9.59 Å². The molecule has 0 aromatic heterocycles. The first-order valence-corrected chi connectivity index (χ1v) is 10.8. The van der Waals surface area contributed by atoms with E-state index < -0.39 is 0 Å². The average molecular weight is 411 g/mol. The van der Waals surface area contributed by atoms with Gasteiger partial charge >= 0.3 is 0 Å². The minimum Gasteiger partial charge on any atom is -0.313 e. The Hall–Kier alpha value is -2.33. The molecule has 5 heteroatoms. The van der Waals surface area contributed by atoms with E-state index in [2.05, 4.69) is 13.0 Å². The Morgan fingerprint density at radius 3 is 2.45 bits per heavy atom. The number of nitrogens with zero attached hydrogens (tertiary/aromatic N) is 2. The van der Waals surface area contributed by atoms with Crippen LogP contribution >= 0.6 is 11.6 Å². The fourth-order valence-corrected chi connectivity index (χ4v) is 4.56. The summed E-state index contributed by atoms with van der Waals surface area (Å²) in [4.78, 5) is 29.8. The first-order valence-electron chi connectivity index (χ1n) is 10.5. The van der Waals surface area contributed by atoms with E-state index in [1.165, 1.54) is 0 Å². The van der Waals surface area contributed by atoms with Gasteiger partial charge in [-0.05, 0) is 74.9 Å². The first kappa shape index (κ1) is 20.0. The lowest BCUT2D eigenvalue weighted by molar-refractivity contribution is -0.120. The van der Waals surface area contributed by atoms with Crippen molar-refractivity contribution in [3.63, 3.8) is 0 Å². The minimum absolute atomic E-state index is 0.0985. The van der Waals surface area contributed by atoms with E-state index in [1.54, 1.807) is 0 Å².